The molecule has 0 heterocycles. The summed E-state index contributed by atoms with van der Waals surface area (Å²) in [5, 5.41) is 8.74. The standard InChI is InChI=1S/C14H27NO2/c1-13(2)8-11(9-14(3,4)10-13)15(5)7-6-12(16)17/h11H,6-10H2,1-5H3,(H,16,17). The quantitative estimate of drug-likeness (QED) is 0.822. The van der Waals surface area contributed by atoms with E-state index < -0.39 is 5.97 Å². The summed E-state index contributed by atoms with van der Waals surface area (Å²) in [6.45, 7) is 9.96. The molecule has 17 heavy (non-hydrogen) atoms. The molecule has 0 radical (unpaired) electrons. The van der Waals surface area contributed by atoms with Gasteiger partial charge in [-0.3, -0.25) is 4.79 Å². The van der Waals surface area contributed by atoms with E-state index >= 15 is 0 Å². The van der Waals surface area contributed by atoms with Crippen molar-refractivity contribution in [1.82, 2.24) is 4.90 Å². The molecule has 0 amide bonds. The maximum Gasteiger partial charge on any atom is 0.304 e. The predicted octanol–water partition coefficient (Wildman–Crippen LogP) is 3.00. The van der Waals surface area contributed by atoms with E-state index in [0.29, 0.717) is 23.4 Å². The van der Waals surface area contributed by atoms with Gasteiger partial charge >= 0.3 is 5.97 Å². The summed E-state index contributed by atoms with van der Waals surface area (Å²) in [4.78, 5) is 12.8. The maximum atomic E-state index is 10.6. The van der Waals surface area contributed by atoms with E-state index in [0.717, 1.165) is 0 Å². The molecule has 3 heteroatoms. The van der Waals surface area contributed by atoms with E-state index in [2.05, 4.69) is 39.6 Å². The van der Waals surface area contributed by atoms with Gasteiger partial charge in [0.15, 0.2) is 0 Å². The fraction of sp³-hybridized carbons (Fsp3) is 0.929. The highest BCUT2D eigenvalue weighted by atomic mass is 16.4. The average molecular weight is 241 g/mol. The molecule has 1 fully saturated rings. The molecule has 1 aliphatic rings. The van der Waals surface area contributed by atoms with Crippen LogP contribution in [0.5, 0.6) is 0 Å². The molecule has 1 N–H and O–H groups in total. The minimum atomic E-state index is -0.703. The van der Waals surface area contributed by atoms with Gasteiger partial charge in [-0.15, -0.1) is 0 Å². The normalized spacial score (nSPS) is 23.9. The number of hydrogen-bond donors (Lipinski definition) is 1. The van der Waals surface area contributed by atoms with E-state index in [9.17, 15) is 4.79 Å². The van der Waals surface area contributed by atoms with Crippen LogP contribution in [0, 0.1) is 10.8 Å². The first-order chi connectivity index (χ1) is 7.61. The minimum Gasteiger partial charge on any atom is -0.481 e. The zero-order valence-corrected chi connectivity index (χ0v) is 11.9. The van der Waals surface area contributed by atoms with Crippen molar-refractivity contribution in [2.75, 3.05) is 13.6 Å². The van der Waals surface area contributed by atoms with Crippen LogP contribution >= 0.6 is 0 Å². The van der Waals surface area contributed by atoms with Gasteiger partial charge in [0.25, 0.3) is 0 Å². The van der Waals surface area contributed by atoms with Crippen LogP contribution in [-0.4, -0.2) is 35.6 Å². The second-order valence-electron chi connectivity index (χ2n) is 7.19. The van der Waals surface area contributed by atoms with Gasteiger partial charge in [-0.05, 0) is 37.1 Å². The molecule has 0 unspecified atom stereocenters. The van der Waals surface area contributed by atoms with Crippen molar-refractivity contribution < 1.29 is 9.90 Å². The van der Waals surface area contributed by atoms with Crippen LogP contribution in [0.4, 0.5) is 0 Å². The molecule has 0 aromatic carbocycles. The van der Waals surface area contributed by atoms with Crippen molar-refractivity contribution in [3.05, 3.63) is 0 Å². The number of rotatable bonds is 4. The smallest absolute Gasteiger partial charge is 0.304 e. The Kier molecular flexibility index (Phi) is 4.23. The van der Waals surface area contributed by atoms with Crippen molar-refractivity contribution >= 4 is 5.97 Å². The Morgan fingerprint density at radius 1 is 1.24 bits per heavy atom. The van der Waals surface area contributed by atoms with E-state index in [1.165, 1.54) is 19.3 Å². The molecule has 1 rings (SSSR count). The molecule has 0 aliphatic heterocycles. The highest BCUT2D eigenvalue weighted by Crippen LogP contribution is 2.46. The Balaban J connectivity index is 2.60. The highest BCUT2D eigenvalue weighted by molar-refractivity contribution is 5.66. The minimum absolute atomic E-state index is 0.244. The third kappa shape index (κ3) is 4.66. The summed E-state index contributed by atoms with van der Waals surface area (Å²) >= 11 is 0. The molecule has 0 saturated heterocycles. The lowest BCUT2D eigenvalue weighted by atomic mass is 9.63. The predicted molar refractivity (Wildman–Crippen MR) is 70.1 cm³/mol. The molecule has 0 atom stereocenters. The molecule has 0 aromatic rings. The fourth-order valence-electron chi connectivity index (χ4n) is 3.55. The Morgan fingerprint density at radius 3 is 2.12 bits per heavy atom. The first-order valence-electron chi connectivity index (χ1n) is 6.53. The third-order valence-corrected chi connectivity index (χ3v) is 3.84. The third-order valence-electron chi connectivity index (χ3n) is 3.84. The van der Waals surface area contributed by atoms with E-state index in [1.54, 1.807) is 0 Å². The van der Waals surface area contributed by atoms with Crippen LogP contribution < -0.4 is 0 Å². The van der Waals surface area contributed by atoms with Gasteiger partial charge in [-0.1, -0.05) is 27.7 Å². The van der Waals surface area contributed by atoms with Gasteiger partial charge in [-0.25, -0.2) is 0 Å². The van der Waals surface area contributed by atoms with Crippen LogP contribution in [0.25, 0.3) is 0 Å². The van der Waals surface area contributed by atoms with E-state index in [4.69, 9.17) is 5.11 Å². The van der Waals surface area contributed by atoms with Gasteiger partial charge in [0.1, 0.15) is 0 Å². The summed E-state index contributed by atoms with van der Waals surface area (Å²) in [5.74, 6) is -0.703. The van der Waals surface area contributed by atoms with Crippen molar-refractivity contribution in [3.63, 3.8) is 0 Å². The van der Waals surface area contributed by atoms with Crippen molar-refractivity contribution in [2.24, 2.45) is 10.8 Å². The van der Waals surface area contributed by atoms with Gasteiger partial charge in [0, 0.05) is 12.6 Å². The summed E-state index contributed by atoms with van der Waals surface area (Å²) in [5.41, 5.74) is 0.730. The van der Waals surface area contributed by atoms with Crippen molar-refractivity contribution in [3.8, 4) is 0 Å². The SMILES string of the molecule is CN(CCC(=O)O)C1CC(C)(C)CC(C)(C)C1. The number of carboxylic acids is 1. The van der Waals surface area contributed by atoms with Crippen LogP contribution in [-0.2, 0) is 4.79 Å². The van der Waals surface area contributed by atoms with E-state index in [-0.39, 0.29) is 6.42 Å². The molecule has 1 aliphatic carbocycles. The number of nitrogens with zero attached hydrogens (tertiary/aromatic N) is 1. The molecule has 100 valence electrons. The second kappa shape index (κ2) is 4.97. The molecule has 0 bridgehead atoms. The zero-order chi connectivity index (χ0) is 13.3. The van der Waals surface area contributed by atoms with E-state index in [1.807, 2.05) is 0 Å². The second-order valence-corrected chi connectivity index (χ2v) is 7.19. The van der Waals surface area contributed by atoms with Gasteiger partial charge in [0.05, 0.1) is 6.42 Å². The molecule has 0 aromatic heterocycles. The van der Waals surface area contributed by atoms with Crippen molar-refractivity contribution in [1.29, 1.82) is 0 Å². The monoisotopic (exact) mass is 241 g/mol. The fourth-order valence-corrected chi connectivity index (χ4v) is 3.55. The summed E-state index contributed by atoms with van der Waals surface area (Å²) < 4.78 is 0. The van der Waals surface area contributed by atoms with Crippen LogP contribution in [0.15, 0.2) is 0 Å². The average Bonchev–Trinajstić information content (AvgIpc) is 2.08. The topological polar surface area (TPSA) is 40.5 Å². The van der Waals surface area contributed by atoms with Gasteiger partial charge < -0.3 is 10.0 Å². The Bertz CT molecular complexity index is 268. The summed E-state index contributed by atoms with van der Waals surface area (Å²) in [7, 11) is 2.06. The maximum absolute atomic E-state index is 10.6. The molecule has 3 nitrogen and oxygen atoms in total. The van der Waals surface area contributed by atoms with Crippen molar-refractivity contribution in [2.45, 2.75) is 59.4 Å². The lowest BCUT2D eigenvalue weighted by Gasteiger charge is -2.47. The molecule has 1 saturated carbocycles. The Hall–Kier alpha value is -0.570. The lowest BCUT2D eigenvalue weighted by Crippen LogP contribution is -2.45. The van der Waals surface area contributed by atoms with Gasteiger partial charge in [-0.2, -0.15) is 0 Å². The Morgan fingerprint density at radius 2 is 1.71 bits per heavy atom. The van der Waals surface area contributed by atoms with Crippen LogP contribution in [0.2, 0.25) is 0 Å². The van der Waals surface area contributed by atoms with Crippen LogP contribution in [0.3, 0.4) is 0 Å². The Labute approximate surface area is 105 Å². The summed E-state index contributed by atoms with van der Waals surface area (Å²) in [6, 6.07) is 0.521. The number of aliphatic carboxylic acids is 1. The molecular formula is C14H27NO2. The van der Waals surface area contributed by atoms with Crippen LogP contribution in [0.1, 0.15) is 53.4 Å². The lowest BCUT2D eigenvalue weighted by molar-refractivity contribution is -0.137. The largest absolute Gasteiger partial charge is 0.481 e. The zero-order valence-electron chi connectivity index (χ0n) is 11.9. The number of hydrogen-bond acceptors (Lipinski definition) is 2. The first kappa shape index (κ1) is 14.5. The molecule has 0 spiro atoms. The number of carbonyl (C=O) groups is 1. The van der Waals surface area contributed by atoms with Gasteiger partial charge in [0.2, 0.25) is 0 Å². The first-order valence-corrected chi connectivity index (χ1v) is 6.53. The molecular weight excluding hydrogens is 214 g/mol. The number of carboxylic acid groups (broad SMARTS) is 1. The summed E-state index contributed by atoms with van der Waals surface area (Å²) in [6.07, 6.45) is 3.84. The highest BCUT2D eigenvalue weighted by Gasteiger charge is 2.39.